The maximum Gasteiger partial charge on any atom is 0.266 e. The molecule has 7 heteroatoms. The summed E-state index contributed by atoms with van der Waals surface area (Å²) in [5.74, 6) is -0.389. The van der Waals surface area contributed by atoms with Crippen molar-refractivity contribution >= 4 is 27.4 Å². The van der Waals surface area contributed by atoms with Gasteiger partial charge in [-0.3, -0.25) is 4.55 Å². The first-order chi connectivity index (χ1) is 7.92. The highest BCUT2D eigenvalue weighted by molar-refractivity contribution is 7.85. The lowest BCUT2D eigenvalue weighted by Gasteiger charge is -2.23. The third-order valence-electron chi connectivity index (χ3n) is 2.16. The van der Waals surface area contributed by atoms with Gasteiger partial charge in [0.15, 0.2) is 0 Å². The smallest absolute Gasteiger partial charge is 0.266 e. The van der Waals surface area contributed by atoms with E-state index in [0.717, 1.165) is 0 Å². The molecule has 0 aliphatic rings. The van der Waals surface area contributed by atoms with E-state index in [1.165, 1.54) is 0 Å². The number of hydrogen-bond donors (Lipinski definition) is 2. The number of rotatable bonds is 6. The van der Waals surface area contributed by atoms with Crippen LogP contribution >= 0.6 is 11.6 Å². The molecule has 0 spiro atoms. The summed E-state index contributed by atoms with van der Waals surface area (Å²) in [4.78, 5) is 1.64. The molecule has 0 heterocycles. The summed E-state index contributed by atoms with van der Waals surface area (Å²) in [5.41, 5.74) is 0.704. The Morgan fingerprint density at radius 1 is 1.29 bits per heavy atom. The topological polar surface area (TPSA) is 77.8 Å². The van der Waals surface area contributed by atoms with Crippen molar-refractivity contribution in [3.05, 3.63) is 29.3 Å². The summed E-state index contributed by atoms with van der Waals surface area (Å²) in [6.07, 6.45) is 0. The first kappa shape index (κ1) is 14.2. The van der Waals surface area contributed by atoms with Crippen molar-refractivity contribution in [3.8, 4) is 0 Å². The maximum atomic E-state index is 10.7. The SMILES string of the molecule is O=S(=O)(O)CCN(CCO)c1cccc(Cl)c1. The molecule has 0 amide bonds. The Kier molecular flexibility index (Phi) is 5.20. The summed E-state index contributed by atoms with van der Waals surface area (Å²) < 4.78 is 30.1. The van der Waals surface area contributed by atoms with E-state index >= 15 is 0 Å². The second kappa shape index (κ2) is 6.20. The minimum Gasteiger partial charge on any atom is -0.395 e. The Labute approximate surface area is 105 Å². The van der Waals surface area contributed by atoms with Gasteiger partial charge in [-0.15, -0.1) is 0 Å². The standard InChI is InChI=1S/C10H14ClNO4S/c11-9-2-1-3-10(8-9)12(4-6-13)5-7-17(14,15)16/h1-3,8,13H,4-7H2,(H,14,15,16). The lowest BCUT2D eigenvalue weighted by Crippen LogP contribution is -2.31. The van der Waals surface area contributed by atoms with Crippen molar-refractivity contribution < 1.29 is 18.1 Å². The minimum absolute atomic E-state index is 0.0970. The summed E-state index contributed by atoms with van der Waals surface area (Å²) in [5, 5.41) is 9.44. The van der Waals surface area contributed by atoms with E-state index in [1.54, 1.807) is 29.2 Å². The van der Waals surface area contributed by atoms with Crippen LogP contribution in [0.4, 0.5) is 5.69 Å². The van der Waals surface area contributed by atoms with Crippen molar-refractivity contribution in [2.75, 3.05) is 30.3 Å². The van der Waals surface area contributed by atoms with Gasteiger partial charge in [-0.05, 0) is 18.2 Å². The summed E-state index contributed by atoms with van der Waals surface area (Å²) in [6, 6.07) is 6.85. The first-order valence-corrected chi connectivity index (χ1v) is 6.97. The number of benzene rings is 1. The Balaban J connectivity index is 2.78. The van der Waals surface area contributed by atoms with Crippen LogP contribution in [-0.2, 0) is 10.1 Å². The minimum atomic E-state index is -4.01. The molecule has 0 saturated carbocycles. The highest BCUT2D eigenvalue weighted by Gasteiger charge is 2.11. The zero-order valence-electron chi connectivity index (χ0n) is 9.08. The quantitative estimate of drug-likeness (QED) is 0.761. The third-order valence-corrected chi connectivity index (χ3v) is 3.10. The Morgan fingerprint density at radius 3 is 2.53 bits per heavy atom. The van der Waals surface area contributed by atoms with E-state index < -0.39 is 10.1 Å². The van der Waals surface area contributed by atoms with Crippen LogP contribution in [0.3, 0.4) is 0 Å². The maximum absolute atomic E-state index is 10.7. The molecule has 0 aliphatic carbocycles. The lowest BCUT2D eigenvalue weighted by atomic mass is 10.3. The van der Waals surface area contributed by atoms with Crippen molar-refractivity contribution in [1.82, 2.24) is 0 Å². The zero-order chi connectivity index (χ0) is 12.9. The van der Waals surface area contributed by atoms with Gasteiger partial charge in [-0.2, -0.15) is 8.42 Å². The molecular formula is C10H14ClNO4S. The highest BCUT2D eigenvalue weighted by Crippen LogP contribution is 2.19. The molecule has 0 atom stereocenters. The van der Waals surface area contributed by atoms with E-state index in [0.29, 0.717) is 10.7 Å². The van der Waals surface area contributed by atoms with Gasteiger partial charge in [0, 0.05) is 23.8 Å². The predicted octanol–water partition coefficient (Wildman–Crippen LogP) is 1.03. The van der Waals surface area contributed by atoms with Gasteiger partial charge in [0.25, 0.3) is 10.1 Å². The van der Waals surface area contributed by atoms with Gasteiger partial charge in [0.05, 0.1) is 12.4 Å². The van der Waals surface area contributed by atoms with Crippen LogP contribution in [0, 0.1) is 0 Å². The number of hydrogen-bond acceptors (Lipinski definition) is 4. The van der Waals surface area contributed by atoms with Gasteiger partial charge in [-0.25, -0.2) is 0 Å². The second-order valence-corrected chi connectivity index (χ2v) is 5.49. The van der Waals surface area contributed by atoms with Gasteiger partial charge < -0.3 is 10.0 Å². The molecule has 96 valence electrons. The van der Waals surface area contributed by atoms with Gasteiger partial charge in [-0.1, -0.05) is 17.7 Å². The largest absolute Gasteiger partial charge is 0.395 e. The fourth-order valence-corrected chi connectivity index (χ4v) is 2.02. The molecule has 5 nitrogen and oxygen atoms in total. The summed E-state index contributed by atoms with van der Waals surface area (Å²) in [6.45, 7) is 0.258. The Morgan fingerprint density at radius 2 is 2.00 bits per heavy atom. The van der Waals surface area contributed by atoms with Crippen LogP contribution < -0.4 is 4.90 Å². The molecule has 0 aliphatic heterocycles. The van der Waals surface area contributed by atoms with Crippen molar-refractivity contribution in [2.45, 2.75) is 0 Å². The molecular weight excluding hydrogens is 266 g/mol. The molecule has 0 bridgehead atoms. The molecule has 2 N–H and O–H groups in total. The number of aliphatic hydroxyl groups excluding tert-OH is 1. The van der Waals surface area contributed by atoms with Crippen LogP contribution in [0.25, 0.3) is 0 Å². The van der Waals surface area contributed by atoms with Crippen LogP contribution in [0.15, 0.2) is 24.3 Å². The van der Waals surface area contributed by atoms with Crippen molar-refractivity contribution in [2.24, 2.45) is 0 Å². The normalized spacial score (nSPS) is 11.5. The number of aliphatic hydroxyl groups is 1. The molecule has 1 aromatic rings. The lowest BCUT2D eigenvalue weighted by molar-refractivity contribution is 0.302. The predicted molar refractivity (Wildman–Crippen MR) is 67.2 cm³/mol. The molecule has 0 fully saturated rings. The van der Waals surface area contributed by atoms with Gasteiger partial charge in [0.1, 0.15) is 0 Å². The van der Waals surface area contributed by atoms with Crippen LogP contribution in [0.2, 0.25) is 5.02 Å². The van der Waals surface area contributed by atoms with Crippen LogP contribution in [0.1, 0.15) is 0 Å². The molecule has 17 heavy (non-hydrogen) atoms. The summed E-state index contributed by atoms with van der Waals surface area (Å²) in [7, 11) is -4.01. The molecule has 0 aromatic heterocycles. The number of anilines is 1. The average Bonchev–Trinajstić information content (AvgIpc) is 2.23. The number of halogens is 1. The third kappa shape index (κ3) is 5.36. The summed E-state index contributed by atoms with van der Waals surface area (Å²) >= 11 is 5.82. The second-order valence-electron chi connectivity index (χ2n) is 3.48. The van der Waals surface area contributed by atoms with Crippen LogP contribution in [-0.4, -0.2) is 43.5 Å². The Hall–Kier alpha value is -0.820. The van der Waals surface area contributed by atoms with Crippen molar-refractivity contribution in [1.29, 1.82) is 0 Å². The van der Waals surface area contributed by atoms with Gasteiger partial charge in [0.2, 0.25) is 0 Å². The molecule has 1 aromatic carbocycles. The highest BCUT2D eigenvalue weighted by atomic mass is 35.5. The molecule has 0 radical (unpaired) electrons. The van der Waals surface area contributed by atoms with Gasteiger partial charge >= 0.3 is 0 Å². The van der Waals surface area contributed by atoms with Crippen LogP contribution in [0.5, 0.6) is 0 Å². The van der Waals surface area contributed by atoms with E-state index in [-0.39, 0.29) is 25.4 Å². The van der Waals surface area contributed by atoms with Crippen molar-refractivity contribution in [3.63, 3.8) is 0 Å². The first-order valence-electron chi connectivity index (χ1n) is 4.99. The van der Waals surface area contributed by atoms with E-state index in [1.807, 2.05) is 0 Å². The average molecular weight is 280 g/mol. The molecule has 0 saturated heterocycles. The Bertz CT molecular complexity index is 463. The van der Waals surface area contributed by atoms with E-state index in [9.17, 15) is 8.42 Å². The molecule has 1 rings (SSSR count). The van der Waals surface area contributed by atoms with E-state index in [2.05, 4.69) is 0 Å². The monoisotopic (exact) mass is 279 g/mol. The number of nitrogens with zero attached hydrogens (tertiary/aromatic N) is 1. The zero-order valence-corrected chi connectivity index (χ0v) is 10.7. The molecule has 0 unspecified atom stereocenters. The van der Waals surface area contributed by atoms with E-state index in [4.69, 9.17) is 21.3 Å². The fraction of sp³-hybridized carbons (Fsp3) is 0.400. The fourth-order valence-electron chi connectivity index (χ4n) is 1.39.